The summed E-state index contributed by atoms with van der Waals surface area (Å²) >= 11 is 6.05. The van der Waals surface area contributed by atoms with Crippen LogP contribution in [-0.4, -0.2) is 24.5 Å². The van der Waals surface area contributed by atoms with Crippen LogP contribution in [0.15, 0.2) is 72.8 Å². The highest BCUT2D eigenvalue weighted by Crippen LogP contribution is 2.36. The Kier molecular flexibility index (Phi) is 5.70. The molecule has 1 atom stereocenters. The predicted molar refractivity (Wildman–Crippen MR) is 122 cm³/mol. The maximum Gasteiger partial charge on any atom is 0.259 e. The number of carbonyl (C=O) groups excluding carboxylic acids is 2. The molecule has 6 heteroatoms. The van der Waals surface area contributed by atoms with Crippen molar-refractivity contribution in [2.45, 2.75) is 25.4 Å². The first-order chi connectivity index (χ1) is 14.9. The molecule has 0 radical (unpaired) electrons. The van der Waals surface area contributed by atoms with E-state index in [1.807, 2.05) is 42.5 Å². The summed E-state index contributed by atoms with van der Waals surface area (Å²) in [4.78, 5) is 28.6. The third kappa shape index (κ3) is 3.89. The van der Waals surface area contributed by atoms with Crippen LogP contribution in [0.5, 0.6) is 5.75 Å². The Morgan fingerprint density at radius 1 is 1.06 bits per heavy atom. The van der Waals surface area contributed by atoms with Gasteiger partial charge in [0.15, 0.2) is 0 Å². The molecule has 31 heavy (non-hydrogen) atoms. The van der Waals surface area contributed by atoms with Gasteiger partial charge in [-0.3, -0.25) is 14.5 Å². The molecule has 1 N–H and O–H groups in total. The normalized spacial score (nSPS) is 17.8. The van der Waals surface area contributed by atoms with Crippen LogP contribution >= 0.6 is 11.6 Å². The van der Waals surface area contributed by atoms with Gasteiger partial charge in [-0.05, 0) is 48.9 Å². The fraction of sp³-hybridized carbons (Fsp3) is 0.200. The summed E-state index contributed by atoms with van der Waals surface area (Å²) in [5.74, 6) is 0.253. The van der Waals surface area contributed by atoms with Gasteiger partial charge >= 0.3 is 0 Å². The Bertz CT molecular complexity index is 1130. The first-order valence-electron chi connectivity index (χ1n) is 10.0. The molecule has 0 saturated carbocycles. The highest BCUT2D eigenvalue weighted by atomic mass is 35.5. The average molecular weight is 435 g/mol. The van der Waals surface area contributed by atoms with E-state index in [1.54, 1.807) is 49.3 Å². The lowest BCUT2D eigenvalue weighted by Crippen LogP contribution is -2.63. The van der Waals surface area contributed by atoms with Gasteiger partial charge in [0.1, 0.15) is 11.3 Å². The summed E-state index contributed by atoms with van der Waals surface area (Å²) < 4.78 is 5.39. The largest absolute Gasteiger partial charge is 0.496 e. The van der Waals surface area contributed by atoms with Crippen LogP contribution in [0.2, 0.25) is 5.02 Å². The van der Waals surface area contributed by atoms with Gasteiger partial charge in [-0.25, -0.2) is 0 Å². The second-order valence-corrected chi connectivity index (χ2v) is 8.16. The van der Waals surface area contributed by atoms with E-state index >= 15 is 0 Å². The van der Waals surface area contributed by atoms with Gasteiger partial charge in [0.25, 0.3) is 5.91 Å². The van der Waals surface area contributed by atoms with E-state index in [0.29, 0.717) is 35.0 Å². The minimum atomic E-state index is -1.11. The summed E-state index contributed by atoms with van der Waals surface area (Å²) in [6, 6.07) is 21.9. The molecule has 2 amide bonds. The number of nitrogens with zero attached hydrogens (tertiary/aromatic N) is 1. The first kappa shape index (κ1) is 20.9. The van der Waals surface area contributed by atoms with E-state index in [9.17, 15) is 9.59 Å². The molecule has 0 fully saturated rings. The van der Waals surface area contributed by atoms with E-state index in [0.717, 1.165) is 11.1 Å². The standard InChI is InChI=1S/C25H23ClN2O3/c1-25(24(30)27-16-18-8-4-6-10-22(18)31-2)15-17-7-3-5-9-21(17)23(29)28(25)20-13-11-19(26)12-14-20/h3-14H,15-16H2,1-2H3,(H,27,30)/t25-/m0/s1. The van der Waals surface area contributed by atoms with Crippen molar-refractivity contribution < 1.29 is 14.3 Å². The smallest absolute Gasteiger partial charge is 0.259 e. The SMILES string of the molecule is COc1ccccc1CNC(=O)[C@]1(C)Cc2ccccc2C(=O)N1c1ccc(Cl)cc1. The minimum Gasteiger partial charge on any atom is -0.496 e. The van der Waals surface area contributed by atoms with Gasteiger partial charge in [0.2, 0.25) is 5.91 Å². The second kappa shape index (κ2) is 8.44. The number of anilines is 1. The van der Waals surface area contributed by atoms with Gasteiger partial charge in [-0.1, -0.05) is 48.0 Å². The molecule has 1 aliphatic heterocycles. The fourth-order valence-electron chi connectivity index (χ4n) is 4.07. The maximum atomic E-state index is 13.5. The zero-order chi connectivity index (χ0) is 22.0. The molecular weight excluding hydrogens is 412 g/mol. The van der Waals surface area contributed by atoms with E-state index < -0.39 is 5.54 Å². The van der Waals surface area contributed by atoms with Crippen LogP contribution in [0.1, 0.15) is 28.4 Å². The van der Waals surface area contributed by atoms with E-state index in [-0.39, 0.29) is 11.8 Å². The van der Waals surface area contributed by atoms with Crippen LogP contribution in [0, 0.1) is 0 Å². The predicted octanol–water partition coefficient (Wildman–Crippen LogP) is 4.63. The Labute approximate surface area is 186 Å². The summed E-state index contributed by atoms with van der Waals surface area (Å²) in [5.41, 5.74) is 1.84. The molecule has 1 heterocycles. The molecule has 5 nitrogen and oxygen atoms in total. The van der Waals surface area contributed by atoms with E-state index in [1.165, 1.54) is 0 Å². The zero-order valence-corrected chi connectivity index (χ0v) is 18.1. The molecule has 0 aliphatic carbocycles. The zero-order valence-electron chi connectivity index (χ0n) is 17.4. The molecule has 0 saturated heterocycles. The molecule has 0 aromatic heterocycles. The fourth-order valence-corrected chi connectivity index (χ4v) is 4.19. The lowest BCUT2D eigenvalue weighted by Gasteiger charge is -2.44. The van der Waals surface area contributed by atoms with E-state index in [2.05, 4.69) is 5.32 Å². The molecule has 3 aromatic rings. The van der Waals surface area contributed by atoms with Gasteiger partial charge in [-0.2, -0.15) is 0 Å². The van der Waals surface area contributed by atoms with Crippen molar-refractivity contribution in [3.63, 3.8) is 0 Å². The van der Waals surface area contributed by atoms with Crippen LogP contribution in [-0.2, 0) is 17.8 Å². The van der Waals surface area contributed by atoms with Crippen LogP contribution in [0.4, 0.5) is 5.69 Å². The average Bonchev–Trinajstić information content (AvgIpc) is 2.79. The number of ether oxygens (including phenoxy) is 1. The topological polar surface area (TPSA) is 58.6 Å². The van der Waals surface area contributed by atoms with Gasteiger partial charge in [0, 0.05) is 34.8 Å². The van der Waals surface area contributed by atoms with Gasteiger partial charge in [0.05, 0.1) is 7.11 Å². The molecule has 0 bridgehead atoms. The number of hydrogen-bond acceptors (Lipinski definition) is 3. The Hall–Kier alpha value is -3.31. The number of methoxy groups -OCH3 is 1. The molecule has 0 spiro atoms. The number of halogens is 1. The van der Waals surface area contributed by atoms with E-state index in [4.69, 9.17) is 16.3 Å². The lowest BCUT2D eigenvalue weighted by atomic mass is 9.82. The molecule has 0 unspecified atom stereocenters. The third-order valence-electron chi connectivity index (χ3n) is 5.68. The van der Waals surface area contributed by atoms with Crippen LogP contribution in [0.25, 0.3) is 0 Å². The Balaban J connectivity index is 1.70. The minimum absolute atomic E-state index is 0.209. The maximum absolute atomic E-state index is 13.5. The quantitative estimate of drug-likeness (QED) is 0.637. The molecule has 1 aliphatic rings. The third-order valence-corrected chi connectivity index (χ3v) is 5.94. The number of amides is 2. The number of benzene rings is 3. The second-order valence-electron chi connectivity index (χ2n) is 7.72. The monoisotopic (exact) mass is 434 g/mol. The van der Waals surface area contributed by atoms with Crippen LogP contribution in [0.3, 0.4) is 0 Å². The number of rotatable bonds is 5. The number of carbonyl (C=O) groups is 2. The van der Waals surface area contributed by atoms with Crippen molar-refractivity contribution in [1.29, 1.82) is 0 Å². The van der Waals surface area contributed by atoms with Crippen molar-refractivity contribution in [2.24, 2.45) is 0 Å². The summed E-state index contributed by atoms with van der Waals surface area (Å²) in [7, 11) is 1.60. The summed E-state index contributed by atoms with van der Waals surface area (Å²) in [6.07, 6.45) is 0.398. The molecule has 3 aromatic carbocycles. The Morgan fingerprint density at radius 3 is 2.48 bits per heavy atom. The number of fused-ring (bicyclic) bond motifs is 1. The highest BCUT2D eigenvalue weighted by molar-refractivity contribution is 6.30. The van der Waals surface area contributed by atoms with Gasteiger partial charge < -0.3 is 10.1 Å². The van der Waals surface area contributed by atoms with Crippen molar-refractivity contribution in [1.82, 2.24) is 5.32 Å². The van der Waals surface area contributed by atoms with Crippen molar-refractivity contribution >= 4 is 29.1 Å². The molecule has 4 rings (SSSR count). The van der Waals surface area contributed by atoms with Crippen molar-refractivity contribution in [3.05, 3.63) is 94.5 Å². The summed E-state index contributed by atoms with van der Waals surface area (Å²) in [6.45, 7) is 2.09. The Morgan fingerprint density at radius 2 is 1.74 bits per heavy atom. The molecular formula is C25H23ClN2O3. The van der Waals surface area contributed by atoms with Crippen molar-refractivity contribution in [2.75, 3.05) is 12.0 Å². The summed E-state index contributed by atoms with van der Waals surface area (Å²) in [5, 5.41) is 3.57. The van der Waals surface area contributed by atoms with Crippen LogP contribution < -0.4 is 15.0 Å². The lowest BCUT2D eigenvalue weighted by molar-refractivity contribution is -0.126. The number of hydrogen-bond donors (Lipinski definition) is 1. The molecule has 158 valence electrons. The number of nitrogens with one attached hydrogen (secondary N) is 1. The number of para-hydroxylation sites is 1. The first-order valence-corrected chi connectivity index (χ1v) is 10.4. The highest BCUT2D eigenvalue weighted by Gasteiger charge is 2.47. The van der Waals surface area contributed by atoms with Gasteiger partial charge in [-0.15, -0.1) is 0 Å². The van der Waals surface area contributed by atoms with Crippen molar-refractivity contribution in [3.8, 4) is 5.75 Å².